The normalized spacial score (nSPS) is 12.5. The molecule has 1 heterocycles. The summed E-state index contributed by atoms with van der Waals surface area (Å²) in [5, 5.41) is 5.60. The van der Waals surface area contributed by atoms with Crippen LogP contribution in [0.1, 0.15) is 23.4 Å². The van der Waals surface area contributed by atoms with Crippen LogP contribution in [0, 0.1) is 6.92 Å². The summed E-state index contributed by atoms with van der Waals surface area (Å²) >= 11 is 8.88. The topological polar surface area (TPSA) is 12.0 Å². The highest BCUT2D eigenvalue weighted by Crippen LogP contribution is 2.31. The first-order valence-corrected chi connectivity index (χ1v) is 7.80. The van der Waals surface area contributed by atoms with E-state index in [1.54, 1.807) is 11.3 Å². The zero-order valence-corrected chi connectivity index (χ0v) is 13.6. The van der Waals surface area contributed by atoms with Crippen LogP contribution in [0.15, 0.2) is 38.6 Å². The fourth-order valence-corrected chi connectivity index (χ4v) is 3.72. The Kier molecular flexibility index (Phi) is 4.28. The van der Waals surface area contributed by atoms with Crippen LogP contribution in [-0.4, -0.2) is 0 Å². The predicted octanol–water partition coefficient (Wildman–Crippen LogP) is 5.75. The van der Waals surface area contributed by atoms with E-state index in [9.17, 15) is 0 Å². The van der Waals surface area contributed by atoms with E-state index in [2.05, 4.69) is 80.7 Å². The summed E-state index contributed by atoms with van der Waals surface area (Å²) in [4.78, 5) is 1.32. The number of anilines is 1. The van der Waals surface area contributed by atoms with Crippen LogP contribution in [0.5, 0.6) is 0 Å². The van der Waals surface area contributed by atoms with E-state index in [4.69, 9.17) is 0 Å². The van der Waals surface area contributed by atoms with Gasteiger partial charge < -0.3 is 5.32 Å². The van der Waals surface area contributed by atoms with E-state index in [-0.39, 0.29) is 0 Å². The molecule has 0 spiro atoms. The van der Waals surface area contributed by atoms with Gasteiger partial charge in [0.05, 0.1) is 6.04 Å². The van der Waals surface area contributed by atoms with Gasteiger partial charge in [0.2, 0.25) is 0 Å². The summed E-state index contributed by atoms with van der Waals surface area (Å²) in [7, 11) is 0. The molecule has 4 heteroatoms. The van der Waals surface area contributed by atoms with Crippen molar-refractivity contribution in [2.75, 3.05) is 5.32 Å². The summed E-state index contributed by atoms with van der Waals surface area (Å²) in [6, 6.07) is 8.73. The third-order valence-corrected chi connectivity index (χ3v) is 5.50. The Morgan fingerprint density at radius 2 is 1.94 bits per heavy atom. The van der Waals surface area contributed by atoms with Crippen LogP contribution < -0.4 is 5.32 Å². The molecular weight excluding hydrogens is 362 g/mol. The van der Waals surface area contributed by atoms with Crippen molar-refractivity contribution in [3.63, 3.8) is 0 Å². The van der Waals surface area contributed by atoms with Crippen LogP contribution in [0.2, 0.25) is 0 Å². The first kappa shape index (κ1) is 13.1. The minimum atomic E-state index is 0.305. The number of aryl methyl sites for hydroxylation is 1. The highest BCUT2D eigenvalue weighted by molar-refractivity contribution is 9.10. The molecule has 0 aliphatic heterocycles. The lowest BCUT2D eigenvalue weighted by Crippen LogP contribution is -2.05. The molecule has 1 aromatic carbocycles. The molecule has 1 aromatic heterocycles. The Hall–Kier alpha value is -0.320. The van der Waals surface area contributed by atoms with Gasteiger partial charge in [0.1, 0.15) is 0 Å². The van der Waals surface area contributed by atoms with Crippen molar-refractivity contribution in [2.45, 2.75) is 19.9 Å². The first-order chi connectivity index (χ1) is 8.08. The second kappa shape index (κ2) is 5.55. The van der Waals surface area contributed by atoms with E-state index in [0.717, 1.165) is 10.2 Å². The summed E-state index contributed by atoms with van der Waals surface area (Å²) < 4.78 is 2.31. The number of thiophene rings is 1. The molecule has 1 unspecified atom stereocenters. The maximum atomic E-state index is 3.57. The second-order valence-corrected chi connectivity index (χ2v) is 6.62. The molecule has 0 radical (unpaired) electrons. The molecule has 2 aromatic rings. The van der Waals surface area contributed by atoms with E-state index in [1.807, 2.05) is 0 Å². The van der Waals surface area contributed by atoms with Gasteiger partial charge in [-0.2, -0.15) is 0 Å². The molecule has 2 rings (SSSR count). The summed E-state index contributed by atoms with van der Waals surface area (Å²) in [6.45, 7) is 4.26. The lowest BCUT2D eigenvalue weighted by atomic mass is 10.2. The molecule has 0 saturated carbocycles. The number of hydrogen-bond donors (Lipinski definition) is 1. The predicted molar refractivity (Wildman–Crippen MR) is 82.9 cm³/mol. The van der Waals surface area contributed by atoms with Crippen molar-refractivity contribution < 1.29 is 0 Å². The molecule has 1 N–H and O–H groups in total. The number of halogens is 2. The molecular formula is C13H13Br2NS. The van der Waals surface area contributed by atoms with Crippen LogP contribution in [0.25, 0.3) is 0 Å². The molecule has 0 aliphatic carbocycles. The Bertz CT molecular complexity index is 522. The lowest BCUT2D eigenvalue weighted by molar-refractivity contribution is 0.903. The highest BCUT2D eigenvalue weighted by atomic mass is 79.9. The zero-order valence-electron chi connectivity index (χ0n) is 9.63. The highest BCUT2D eigenvalue weighted by Gasteiger charge is 2.10. The Morgan fingerprint density at radius 1 is 1.18 bits per heavy atom. The van der Waals surface area contributed by atoms with Crippen LogP contribution in [0.4, 0.5) is 5.69 Å². The van der Waals surface area contributed by atoms with Crippen LogP contribution in [0.3, 0.4) is 0 Å². The molecule has 0 fully saturated rings. The minimum absolute atomic E-state index is 0.305. The molecule has 17 heavy (non-hydrogen) atoms. The molecule has 1 nitrogen and oxygen atoms in total. The Morgan fingerprint density at radius 3 is 2.53 bits per heavy atom. The van der Waals surface area contributed by atoms with Gasteiger partial charge >= 0.3 is 0 Å². The van der Waals surface area contributed by atoms with E-state index in [0.29, 0.717) is 6.04 Å². The van der Waals surface area contributed by atoms with Gasteiger partial charge in [-0.3, -0.25) is 0 Å². The number of rotatable bonds is 3. The lowest BCUT2D eigenvalue weighted by Gasteiger charge is -2.15. The smallest absolute Gasteiger partial charge is 0.0589 e. The Balaban J connectivity index is 2.16. The SMILES string of the molecule is Cc1ccc(NC(C)c2sccc2Br)cc1Br. The van der Waals surface area contributed by atoms with Gasteiger partial charge in [-0.1, -0.05) is 22.0 Å². The van der Waals surface area contributed by atoms with Crippen molar-refractivity contribution >= 4 is 48.9 Å². The third-order valence-electron chi connectivity index (χ3n) is 2.59. The standard InChI is InChI=1S/C13H13Br2NS/c1-8-3-4-10(7-12(8)15)16-9(2)13-11(14)5-6-17-13/h3-7,9,16H,1-2H3. The fourth-order valence-electron chi connectivity index (χ4n) is 1.61. The Labute approximate surface area is 123 Å². The maximum absolute atomic E-state index is 3.57. The zero-order chi connectivity index (χ0) is 12.4. The van der Waals surface area contributed by atoms with Crippen LogP contribution in [-0.2, 0) is 0 Å². The van der Waals surface area contributed by atoms with E-state index >= 15 is 0 Å². The number of hydrogen-bond acceptors (Lipinski definition) is 2. The number of benzene rings is 1. The summed E-state index contributed by atoms with van der Waals surface area (Å²) in [6.07, 6.45) is 0. The van der Waals surface area contributed by atoms with Crippen molar-refractivity contribution in [3.05, 3.63) is 49.0 Å². The van der Waals surface area contributed by atoms with Gasteiger partial charge in [0.25, 0.3) is 0 Å². The first-order valence-electron chi connectivity index (χ1n) is 5.33. The molecule has 0 bridgehead atoms. The van der Waals surface area contributed by atoms with Gasteiger partial charge in [0, 0.05) is 19.5 Å². The summed E-state index contributed by atoms with van der Waals surface area (Å²) in [5.74, 6) is 0. The van der Waals surface area contributed by atoms with Crippen molar-refractivity contribution in [2.24, 2.45) is 0 Å². The molecule has 0 amide bonds. The maximum Gasteiger partial charge on any atom is 0.0589 e. The van der Waals surface area contributed by atoms with Gasteiger partial charge in [-0.25, -0.2) is 0 Å². The van der Waals surface area contributed by atoms with Crippen molar-refractivity contribution in [1.29, 1.82) is 0 Å². The molecule has 0 aliphatic rings. The van der Waals surface area contributed by atoms with Gasteiger partial charge in [-0.05, 0) is 58.9 Å². The largest absolute Gasteiger partial charge is 0.378 e. The monoisotopic (exact) mass is 373 g/mol. The number of nitrogens with one attached hydrogen (secondary N) is 1. The van der Waals surface area contributed by atoms with Gasteiger partial charge in [-0.15, -0.1) is 11.3 Å². The van der Waals surface area contributed by atoms with Crippen molar-refractivity contribution in [1.82, 2.24) is 0 Å². The molecule has 90 valence electrons. The quantitative estimate of drug-likeness (QED) is 0.720. The molecule has 0 saturated heterocycles. The van der Waals surface area contributed by atoms with Gasteiger partial charge in [0.15, 0.2) is 0 Å². The van der Waals surface area contributed by atoms with Crippen LogP contribution >= 0.6 is 43.2 Å². The van der Waals surface area contributed by atoms with Crippen molar-refractivity contribution in [3.8, 4) is 0 Å². The van der Waals surface area contributed by atoms with E-state index < -0.39 is 0 Å². The minimum Gasteiger partial charge on any atom is -0.378 e. The average molecular weight is 375 g/mol. The molecule has 1 atom stereocenters. The third kappa shape index (κ3) is 3.12. The summed E-state index contributed by atoms with van der Waals surface area (Å²) in [5.41, 5.74) is 2.38. The fraction of sp³-hybridized carbons (Fsp3) is 0.231. The second-order valence-electron chi connectivity index (χ2n) is 3.96. The average Bonchev–Trinajstić information content (AvgIpc) is 2.70. The van der Waals surface area contributed by atoms with E-state index in [1.165, 1.54) is 14.9 Å².